The standard InChI is InChI=1S/C18H15N3O4/c1-10-7-8-12(16(23)20-19-11(2)22)9-15(10)21-17(24)13-5-3-4-6-14(13)18(21)25/h3-9,24-25H,1-2H3. The topological polar surface area (TPSA) is 104 Å². The number of carbonyl (C=O) groups excluding carboxylic acids is 2. The summed E-state index contributed by atoms with van der Waals surface area (Å²) in [5.41, 5.74) is 1.34. The number of benzene rings is 2. The van der Waals surface area contributed by atoms with E-state index in [9.17, 15) is 19.8 Å². The van der Waals surface area contributed by atoms with Crippen molar-refractivity contribution in [2.45, 2.75) is 13.8 Å². The SMILES string of the molecule is CC(=O)N=NC(=O)c1ccc(C)c(-n2c(O)c3ccccc3c2O)c1. The summed E-state index contributed by atoms with van der Waals surface area (Å²) in [5, 5.41) is 28.5. The van der Waals surface area contributed by atoms with Crippen LogP contribution in [0.4, 0.5) is 0 Å². The minimum Gasteiger partial charge on any atom is -0.494 e. The van der Waals surface area contributed by atoms with E-state index in [0.717, 1.165) is 5.56 Å². The average molecular weight is 337 g/mol. The lowest BCUT2D eigenvalue weighted by atomic mass is 10.1. The predicted octanol–water partition coefficient (Wildman–Crippen LogP) is 3.49. The molecule has 0 radical (unpaired) electrons. The fraction of sp³-hybridized carbons (Fsp3) is 0.111. The molecule has 0 bridgehead atoms. The summed E-state index contributed by atoms with van der Waals surface area (Å²) in [7, 11) is 0. The molecule has 0 saturated heterocycles. The van der Waals surface area contributed by atoms with E-state index >= 15 is 0 Å². The van der Waals surface area contributed by atoms with Gasteiger partial charge in [0.25, 0.3) is 11.8 Å². The van der Waals surface area contributed by atoms with Crippen LogP contribution in [-0.4, -0.2) is 26.6 Å². The third-order valence-corrected chi connectivity index (χ3v) is 3.81. The summed E-state index contributed by atoms with van der Waals surface area (Å²) in [5.74, 6) is -1.53. The van der Waals surface area contributed by atoms with Crippen LogP contribution in [0.15, 0.2) is 52.7 Å². The smallest absolute Gasteiger partial charge is 0.295 e. The molecule has 3 aromatic rings. The van der Waals surface area contributed by atoms with Crippen molar-refractivity contribution in [3.05, 3.63) is 53.6 Å². The van der Waals surface area contributed by atoms with Gasteiger partial charge in [-0.1, -0.05) is 18.2 Å². The van der Waals surface area contributed by atoms with E-state index in [4.69, 9.17) is 0 Å². The number of aryl methyl sites for hydroxylation is 1. The highest BCUT2D eigenvalue weighted by molar-refractivity contribution is 5.97. The van der Waals surface area contributed by atoms with Gasteiger partial charge in [0.05, 0.1) is 5.69 Å². The van der Waals surface area contributed by atoms with E-state index in [-0.39, 0.29) is 17.3 Å². The first-order valence-corrected chi connectivity index (χ1v) is 7.49. The van der Waals surface area contributed by atoms with E-state index < -0.39 is 11.8 Å². The van der Waals surface area contributed by atoms with Gasteiger partial charge in [-0.25, -0.2) is 0 Å². The van der Waals surface area contributed by atoms with Crippen molar-refractivity contribution in [1.82, 2.24) is 4.57 Å². The van der Waals surface area contributed by atoms with Crippen molar-refractivity contribution in [1.29, 1.82) is 0 Å². The molecule has 0 aliphatic rings. The number of fused-ring (bicyclic) bond motifs is 1. The molecule has 0 aliphatic heterocycles. The van der Waals surface area contributed by atoms with Crippen LogP contribution in [0.5, 0.6) is 11.8 Å². The number of hydrogen-bond acceptors (Lipinski definition) is 4. The highest BCUT2D eigenvalue weighted by Crippen LogP contribution is 2.39. The lowest BCUT2D eigenvalue weighted by Gasteiger charge is -2.11. The van der Waals surface area contributed by atoms with Crippen molar-refractivity contribution in [3.63, 3.8) is 0 Å². The third-order valence-electron chi connectivity index (χ3n) is 3.81. The normalized spacial score (nSPS) is 11.3. The molecule has 0 aliphatic carbocycles. The van der Waals surface area contributed by atoms with Crippen LogP contribution in [0.1, 0.15) is 22.8 Å². The zero-order valence-electron chi connectivity index (χ0n) is 13.6. The number of rotatable bonds is 2. The molecular weight excluding hydrogens is 322 g/mol. The second-order valence-electron chi connectivity index (χ2n) is 5.55. The Bertz CT molecular complexity index is 995. The molecule has 7 nitrogen and oxygen atoms in total. The zero-order valence-corrected chi connectivity index (χ0v) is 13.6. The van der Waals surface area contributed by atoms with Crippen LogP contribution in [0.2, 0.25) is 0 Å². The molecule has 7 heteroatoms. The summed E-state index contributed by atoms with van der Waals surface area (Å²) in [6.45, 7) is 2.98. The molecule has 0 spiro atoms. The molecule has 25 heavy (non-hydrogen) atoms. The Hall–Kier alpha value is -3.48. The van der Waals surface area contributed by atoms with Gasteiger partial charge in [-0.05, 0) is 36.8 Å². The number of nitrogens with zero attached hydrogens (tertiary/aromatic N) is 3. The summed E-state index contributed by atoms with van der Waals surface area (Å²) in [6, 6.07) is 11.6. The molecule has 1 heterocycles. The van der Waals surface area contributed by atoms with Gasteiger partial charge in [0.15, 0.2) is 0 Å². The number of azo groups is 1. The van der Waals surface area contributed by atoms with Crippen molar-refractivity contribution in [2.24, 2.45) is 10.2 Å². The van der Waals surface area contributed by atoms with Crippen molar-refractivity contribution in [3.8, 4) is 17.4 Å². The fourth-order valence-corrected chi connectivity index (χ4v) is 2.60. The van der Waals surface area contributed by atoms with Gasteiger partial charge in [-0.2, -0.15) is 0 Å². The van der Waals surface area contributed by atoms with Crippen LogP contribution in [0, 0.1) is 6.92 Å². The summed E-state index contributed by atoms with van der Waals surface area (Å²) >= 11 is 0. The Labute approximate surface area is 142 Å². The lowest BCUT2D eigenvalue weighted by molar-refractivity contribution is -0.116. The molecule has 1 aromatic heterocycles. The van der Waals surface area contributed by atoms with Gasteiger partial charge in [0, 0.05) is 23.3 Å². The first-order chi connectivity index (χ1) is 11.9. The van der Waals surface area contributed by atoms with Gasteiger partial charge in [0.1, 0.15) is 0 Å². The highest BCUT2D eigenvalue weighted by Gasteiger charge is 2.19. The molecule has 3 rings (SSSR count). The van der Waals surface area contributed by atoms with E-state index in [1.807, 2.05) is 0 Å². The molecule has 2 amide bonds. The quantitative estimate of drug-likeness (QED) is 0.698. The molecule has 126 valence electrons. The van der Waals surface area contributed by atoms with Gasteiger partial charge < -0.3 is 10.2 Å². The number of amides is 2. The molecule has 2 aromatic carbocycles. The van der Waals surface area contributed by atoms with Crippen LogP contribution in [0.25, 0.3) is 16.5 Å². The van der Waals surface area contributed by atoms with E-state index in [1.165, 1.54) is 23.6 Å². The van der Waals surface area contributed by atoms with Gasteiger partial charge in [-0.3, -0.25) is 14.2 Å². The van der Waals surface area contributed by atoms with Crippen molar-refractivity contribution >= 4 is 22.6 Å². The summed E-state index contributed by atoms with van der Waals surface area (Å²) in [4.78, 5) is 22.9. The molecule has 0 unspecified atom stereocenters. The molecule has 0 atom stereocenters. The maximum atomic E-state index is 12.0. The van der Waals surface area contributed by atoms with Crippen LogP contribution in [-0.2, 0) is 4.79 Å². The molecule has 2 N–H and O–H groups in total. The Balaban J connectivity index is 2.17. The predicted molar refractivity (Wildman–Crippen MR) is 91.2 cm³/mol. The Morgan fingerprint density at radius 1 is 0.960 bits per heavy atom. The van der Waals surface area contributed by atoms with Crippen LogP contribution < -0.4 is 0 Å². The summed E-state index contributed by atoms with van der Waals surface area (Å²) in [6.07, 6.45) is 0. The van der Waals surface area contributed by atoms with Gasteiger partial charge >= 0.3 is 0 Å². The van der Waals surface area contributed by atoms with Crippen LogP contribution in [0.3, 0.4) is 0 Å². The van der Waals surface area contributed by atoms with Gasteiger partial charge in [-0.15, -0.1) is 10.2 Å². The van der Waals surface area contributed by atoms with E-state index in [1.54, 1.807) is 37.3 Å². The lowest BCUT2D eigenvalue weighted by Crippen LogP contribution is -2.01. The Morgan fingerprint density at radius 2 is 1.56 bits per heavy atom. The largest absolute Gasteiger partial charge is 0.494 e. The molecular formula is C18H15N3O4. The molecule has 0 fully saturated rings. The minimum atomic E-state index is -0.688. The second kappa shape index (κ2) is 6.20. The number of aromatic nitrogens is 1. The maximum Gasteiger partial charge on any atom is 0.295 e. The maximum absolute atomic E-state index is 12.0. The first-order valence-electron chi connectivity index (χ1n) is 7.49. The monoisotopic (exact) mass is 337 g/mol. The third kappa shape index (κ3) is 2.87. The summed E-state index contributed by atoms with van der Waals surface area (Å²) < 4.78 is 1.26. The Morgan fingerprint density at radius 3 is 2.12 bits per heavy atom. The van der Waals surface area contributed by atoms with E-state index in [2.05, 4.69) is 10.2 Å². The second-order valence-corrected chi connectivity index (χ2v) is 5.55. The number of carbonyl (C=O) groups is 2. The van der Waals surface area contributed by atoms with Crippen LogP contribution >= 0.6 is 0 Å². The van der Waals surface area contributed by atoms with Crippen molar-refractivity contribution < 1.29 is 19.8 Å². The first kappa shape index (κ1) is 16.4. The number of hydrogen-bond donors (Lipinski definition) is 2. The highest BCUT2D eigenvalue weighted by atomic mass is 16.3. The van der Waals surface area contributed by atoms with E-state index in [0.29, 0.717) is 16.5 Å². The number of aromatic hydroxyl groups is 2. The van der Waals surface area contributed by atoms with Crippen molar-refractivity contribution in [2.75, 3.05) is 0 Å². The fourth-order valence-electron chi connectivity index (χ4n) is 2.60. The zero-order chi connectivity index (χ0) is 18.1. The average Bonchev–Trinajstić information content (AvgIpc) is 2.85. The minimum absolute atomic E-state index is 0.133. The Kier molecular flexibility index (Phi) is 4.06. The molecule has 0 saturated carbocycles. The van der Waals surface area contributed by atoms with Gasteiger partial charge in [0.2, 0.25) is 11.8 Å².